The van der Waals surface area contributed by atoms with Gasteiger partial charge in [0.25, 0.3) is 0 Å². The molecule has 2 heteroatoms. The SMILES string of the molecule is Cc1ccc2c3ccccc3c3ccc(-c4cccc(-c5cc(-c6ccncc6)cc(-c6ccncc6)c5)c4)cc3c2c1. The Morgan fingerprint density at radius 3 is 1.35 bits per heavy atom. The standard InChI is InChI=1S/C41H28N2/c1-27-9-11-38-36-7-2-3-8-37(36)39-12-10-32(26-41(39)40(38)21-27)30-5-4-6-31(22-30)35-24-33(28-13-17-42-18-14-28)23-34(25-35)29-15-19-43-20-16-29/h2-26H,1H3. The summed E-state index contributed by atoms with van der Waals surface area (Å²) in [6.45, 7) is 2.17. The molecule has 8 aromatic rings. The van der Waals surface area contributed by atoms with Crippen molar-refractivity contribution in [2.75, 3.05) is 0 Å². The number of aromatic nitrogens is 2. The molecule has 0 N–H and O–H groups in total. The van der Waals surface area contributed by atoms with Gasteiger partial charge in [0.05, 0.1) is 0 Å². The van der Waals surface area contributed by atoms with Crippen LogP contribution in [-0.4, -0.2) is 9.97 Å². The van der Waals surface area contributed by atoms with E-state index in [9.17, 15) is 0 Å². The van der Waals surface area contributed by atoms with Crippen LogP contribution in [0.3, 0.4) is 0 Å². The van der Waals surface area contributed by atoms with E-state index < -0.39 is 0 Å². The predicted molar refractivity (Wildman–Crippen MR) is 181 cm³/mol. The molecule has 0 saturated heterocycles. The van der Waals surface area contributed by atoms with E-state index in [1.165, 1.54) is 60.1 Å². The molecule has 0 bridgehead atoms. The largest absolute Gasteiger partial charge is 0.265 e. The van der Waals surface area contributed by atoms with Gasteiger partial charge in [0.1, 0.15) is 0 Å². The van der Waals surface area contributed by atoms with E-state index in [0.29, 0.717) is 0 Å². The van der Waals surface area contributed by atoms with Crippen LogP contribution in [0.4, 0.5) is 0 Å². The first-order valence-electron chi connectivity index (χ1n) is 14.6. The summed E-state index contributed by atoms with van der Waals surface area (Å²) in [5, 5.41) is 7.79. The van der Waals surface area contributed by atoms with Gasteiger partial charge >= 0.3 is 0 Å². The number of pyridine rings is 2. The molecule has 2 aromatic heterocycles. The summed E-state index contributed by atoms with van der Waals surface area (Å²) in [5.74, 6) is 0. The van der Waals surface area contributed by atoms with Crippen molar-refractivity contribution < 1.29 is 0 Å². The van der Waals surface area contributed by atoms with Crippen molar-refractivity contribution in [1.82, 2.24) is 9.97 Å². The molecule has 8 rings (SSSR count). The zero-order valence-electron chi connectivity index (χ0n) is 23.8. The highest BCUT2D eigenvalue weighted by Crippen LogP contribution is 2.39. The molecule has 2 heterocycles. The van der Waals surface area contributed by atoms with Crippen LogP contribution in [0, 0.1) is 6.92 Å². The smallest absolute Gasteiger partial charge is 0.0273 e. The number of rotatable bonds is 4. The predicted octanol–water partition coefficient (Wildman–Crippen LogP) is 10.9. The minimum Gasteiger partial charge on any atom is -0.265 e. The van der Waals surface area contributed by atoms with Gasteiger partial charge in [0.15, 0.2) is 0 Å². The summed E-state index contributed by atoms with van der Waals surface area (Å²) in [4.78, 5) is 8.46. The molecule has 43 heavy (non-hydrogen) atoms. The number of fused-ring (bicyclic) bond motifs is 6. The molecule has 0 fully saturated rings. The Morgan fingerprint density at radius 1 is 0.302 bits per heavy atom. The van der Waals surface area contributed by atoms with Crippen molar-refractivity contribution in [3.8, 4) is 44.5 Å². The maximum atomic E-state index is 4.23. The number of nitrogens with zero attached hydrogens (tertiary/aromatic N) is 2. The van der Waals surface area contributed by atoms with E-state index in [1.807, 2.05) is 24.8 Å². The average Bonchev–Trinajstić information content (AvgIpc) is 3.09. The molecule has 0 aliphatic heterocycles. The maximum Gasteiger partial charge on any atom is 0.0273 e. The molecule has 0 aliphatic carbocycles. The van der Waals surface area contributed by atoms with Gasteiger partial charge in [-0.2, -0.15) is 0 Å². The lowest BCUT2D eigenvalue weighted by atomic mass is 9.90. The molecule has 0 aliphatic rings. The van der Waals surface area contributed by atoms with Gasteiger partial charge in [-0.05, 0) is 138 Å². The monoisotopic (exact) mass is 548 g/mol. The lowest BCUT2D eigenvalue weighted by Gasteiger charge is -2.14. The Hall–Kier alpha value is -5.60. The second-order valence-corrected chi connectivity index (χ2v) is 11.2. The van der Waals surface area contributed by atoms with Gasteiger partial charge in [-0.15, -0.1) is 0 Å². The summed E-state index contributed by atoms with van der Waals surface area (Å²) >= 11 is 0. The number of hydrogen-bond acceptors (Lipinski definition) is 2. The van der Waals surface area contributed by atoms with Crippen LogP contribution in [0.1, 0.15) is 5.56 Å². The van der Waals surface area contributed by atoms with Crippen LogP contribution in [0.15, 0.2) is 152 Å². The topological polar surface area (TPSA) is 25.8 Å². The molecule has 2 nitrogen and oxygen atoms in total. The lowest BCUT2D eigenvalue weighted by Crippen LogP contribution is -1.88. The highest BCUT2D eigenvalue weighted by molar-refractivity contribution is 6.25. The fourth-order valence-corrected chi connectivity index (χ4v) is 6.34. The molecule has 202 valence electrons. The first-order chi connectivity index (χ1) is 21.2. The summed E-state index contributed by atoms with van der Waals surface area (Å²) in [6.07, 6.45) is 7.40. The second kappa shape index (κ2) is 10.3. The van der Waals surface area contributed by atoms with Gasteiger partial charge in [0, 0.05) is 24.8 Å². The highest BCUT2D eigenvalue weighted by atomic mass is 14.6. The lowest BCUT2D eigenvalue weighted by molar-refractivity contribution is 1.33. The Morgan fingerprint density at radius 2 is 0.744 bits per heavy atom. The van der Waals surface area contributed by atoms with E-state index >= 15 is 0 Å². The third-order valence-electron chi connectivity index (χ3n) is 8.48. The third kappa shape index (κ3) is 4.54. The third-order valence-corrected chi connectivity index (χ3v) is 8.48. The molecule has 0 radical (unpaired) electrons. The Balaban J connectivity index is 1.30. The first kappa shape index (κ1) is 25.1. The average molecular weight is 549 g/mol. The van der Waals surface area contributed by atoms with Gasteiger partial charge in [-0.1, -0.05) is 78.4 Å². The van der Waals surface area contributed by atoms with Crippen LogP contribution in [-0.2, 0) is 0 Å². The maximum absolute atomic E-state index is 4.23. The van der Waals surface area contributed by atoms with E-state index in [0.717, 1.165) is 22.3 Å². The molecular weight excluding hydrogens is 520 g/mol. The Kier molecular flexibility index (Phi) is 6.05. The van der Waals surface area contributed by atoms with E-state index in [2.05, 4.69) is 144 Å². The van der Waals surface area contributed by atoms with Crippen molar-refractivity contribution in [2.24, 2.45) is 0 Å². The van der Waals surface area contributed by atoms with Crippen molar-refractivity contribution in [1.29, 1.82) is 0 Å². The fourth-order valence-electron chi connectivity index (χ4n) is 6.34. The van der Waals surface area contributed by atoms with Crippen LogP contribution in [0.25, 0.3) is 76.8 Å². The molecule has 0 saturated carbocycles. The zero-order valence-corrected chi connectivity index (χ0v) is 23.8. The molecule has 6 aromatic carbocycles. The molecular formula is C41H28N2. The summed E-state index contributed by atoms with van der Waals surface area (Å²) in [5.41, 5.74) is 10.7. The zero-order chi connectivity index (χ0) is 28.8. The molecule has 0 amide bonds. The van der Waals surface area contributed by atoms with E-state index in [4.69, 9.17) is 0 Å². The van der Waals surface area contributed by atoms with Crippen LogP contribution in [0.5, 0.6) is 0 Å². The number of benzene rings is 6. The minimum atomic E-state index is 1.15. The summed E-state index contributed by atoms with van der Waals surface area (Å²) < 4.78 is 0. The first-order valence-corrected chi connectivity index (χ1v) is 14.6. The molecule has 0 atom stereocenters. The van der Waals surface area contributed by atoms with Crippen LogP contribution >= 0.6 is 0 Å². The van der Waals surface area contributed by atoms with Crippen molar-refractivity contribution >= 4 is 32.3 Å². The minimum absolute atomic E-state index is 1.15. The van der Waals surface area contributed by atoms with E-state index in [-0.39, 0.29) is 0 Å². The Labute approximate surface area is 251 Å². The normalized spacial score (nSPS) is 11.4. The summed E-state index contributed by atoms with van der Waals surface area (Å²) in [7, 11) is 0. The van der Waals surface area contributed by atoms with Gasteiger partial charge in [-0.25, -0.2) is 0 Å². The van der Waals surface area contributed by atoms with Crippen molar-refractivity contribution in [3.05, 3.63) is 158 Å². The highest BCUT2D eigenvalue weighted by Gasteiger charge is 2.12. The molecule has 0 unspecified atom stereocenters. The van der Waals surface area contributed by atoms with Gasteiger partial charge in [0.2, 0.25) is 0 Å². The number of hydrogen-bond donors (Lipinski definition) is 0. The van der Waals surface area contributed by atoms with Crippen molar-refractivity contribution in [3.63, 3.8) is 0 Å². The fraction of sp³-hybridized carbons (Fsp3) is 0.0244. The van der Waals surface area contributed by atoms with Gasteiger partial charge < -0.3 is 0 Å². The summed E-state index contributed by atoms with van der Waals surface area (Å²) in [6, 6.07) is 46.5. The van der Waals surface area contributed by atoms with Crippen molar-refractivity contribution in [2.45, 2.75) is 6.92 Å². The van der Waals surface area contributed by atoms with Gasteiger partial charge in [-0.3, -0.25) is 9.97 Å². The van der Waals surface area contributed by atoms with Crippen LogP contribution in [0.2, 0.25) is 0 Å². The molecule has 0 spiro atoms. The van der Waals surface area contributed by atoms with E-state index in [1.54, 1.807) is 0 Å². The Bertz CT molecular complexity index is 2230. The quantitative estimate of drug-likeness (QED) is 0.204. The number of aryl methyl sites for hydroxylation is 1. The second-order valence-electron chi connectivity index (χ2n) is 11.2. The van der Waals surface area contributed by atoms with Crippen LogP contribution < -0.4 is 0 Å².